The summed E-state index contributed by atoms with van der Waals surface area (Å²) in [7, 11) is 0. The van der Waals surface area contributed by atoms with Crippen LogP contribution in [-0.4, -0.2) is 11.7 Å². The molecule has 0 bridgehead atoms. The maximum absolute atomic E-state index is 5.28. The number of nitrogens with one attached hydrogen (secondary N) is 1. The maximum atomic E-state index is 5.28. The number of hydrogen-bond donors (Lipinski definition) is 1. The smallest absolute Gasteiger partial charge is 0.147 e. The third-order valence-corrected chi connectivity index (χ3v) is 1.24. The maximum Gasteiger partial charge on any atom is 0.147 e. The summed E-state index contributed by atoms with van der Waals surface area (Å²) in [5, 5.41) is 1.60. The number of hydrogen-bond acceptors (Lipinski definition) is 3. The summed E-state index contributed by atoms with van der Waals surface area (Å²) >= 11 is 0. The van der Waals surface area contributed by atoms with Crippen molar-refractivity contribution >= 4 is 0 Å². The average Bonchev–Trinajstić information content (AvgIpc) is 2.38. The van der Waals surface area contributed by atoms with Crippen LogP contribution >= 0.6 is 0 Å². The highest BCUT2D eigenvalue weighted by molar-refractivity contribution is 4.99. The van der Waals surface area contributed by atoms with Crippen LogP contribution in [0.5, 0.6) is 0 Å². The Labute approximate surface area is 66.6 Å². The van der Waals surface area contributed by atoms with E-state index in [1.807, 2.05) is 6.20 Å². The molecule has 0 aromatic carbocycles. The summed E-state index contributed by atoms with van der Waals surface area (Å²) in [6.07, 6.45) is 6.12. The summed E-state index contributed by atoms with van der Waals surface area (Å²) < 4.78 is 0. The molecule has 0 fully saturated rings. The van der Waals surface area contributed by atoms with Gasteiger partial charge < -0.3 is 4.84 Å². The van der Waals surface area contributed by atoms with E-state index in [-0.39, 0.29) is 0 Å². The minimum atomic E-state index is 0.664. The Hall–Kier alpha value is -1.22. The molecule has 60 valence electrons. The van der Waals surface area contributed by atoms with Crippen LogP contribution in [0.4, 0.5) is 0 Å². The number of hydrazine groups is 1. The first-order valence-electron chi connectivity index (χ1n) is 3.49. The van der Waals surface area contributed by atoms with Crippen LogP contribution in [0, 0.1) is 0 Å². The van der Waals surface area contributed by atoms with E-state index in [0.29, 0.717) is 6.54 Å². The normalized spacial score (nSPS) is 16.5. The van der Waals surface area contributed by atoms with Crippen molar-refractivity contribution < 1.29 is 4.84 Å². The third kappa shape index (κ3) is 2.13. The quantitative estimate of drug-likeness (QED) is 0.615. The Morgan fingerprint density at radius 1 is 1.55 bits per heavy atom. The molecule has 11 heavy (non-hydrogen) atoms. The molecule has 1 aliphatic heterocycles. The molecule has 3 nitrogen and oxygen atoms in total. The SMILES string of the molecule is C=CCC1=CNN(CC=C)O1. The highest BCUT2D eigenvalue weighted by atomic mass is 16.7. The van der Waals surface area contributed by atoms with Crippen LogP contribution in [0.1, 0.15) is 6.42 Å². The van der Waals surface area contributed by atoms with Gasteiger partial charge in [0, 0.05) is 6.42 Å². The van der Waals surface area contributed by atoms with Crippen LogP contribution in [0.3, 0.4) is 0 Å². The van der Waals surface area contributed by atoms with Gasteiger partial charge in [-0.25, -0.2) is 0 Å². The van der Waals surface area contributed by atoms with Gasteiger partial charge in [0.2, 0.25) is 0 Å². The second-order valence-electron chi connectivity index (χ2n) is 2.17. The molecule has 0 saturated heterocycles. The molecule has 1 aliphatic rings. The van der Waals surface area contributed by atoms with Crippen molar-refractivity contribution in [3.63, 3.8) is 0 Å². The molecule has 1 N–H and O–H groups in total. The molecule has 0 atom stereocenters. The number of allylic oxidation sites excluding steroid dienone is 1. The summed E-state index contributed by atoms with van der Waals surface area (Å²) in [6, 6.07) is 0. The minimum Gasteiger partial charge on any atom is -0.389 e. The van der Waals surface area contributed by atoms with Crippen LogP contribution < -0.4 is 5.43 Å². The highest BCUT2D eigenvalue weighted by Crippen LogP contribution is 2.10. The monoisotopic (exact) mass is 152 g/mol. The fourth-order valence-corrected chi connectivity index (χ4v) is 0.784. The van der Waals surface area contributed by atoms with Gasteiger partial charge in [0.15, 0.2) is 0 Å². The zero-order valence-corrected chi connectivity index (χ0v) is 6.42. The molecule has 3 heteroatoms. The van der Waals surface area contributed by atoms with Gasteiger partial charge in [-0.3, -0.25) is 5.43 Å². The molecule has 1 rings (SSSR count). The van der Waals surface area contributed by atoms with Crippen molar-refractivity contribution in [1.82, 2.24) is 10.6 Å². The zero-order valence-electron chi connectivity index (χ0n) is 6.42. The molecular formula is C8H12N2O. The highest BCUT2D eigenvalue weighted by Gasteiger charge is 2.11. The zero-order chi connectivity index (χ0) is 8.10. The Morgan fingerprint density at radius 3 is 3.00 bits per heavy atom. The molecule has 0 aromatic rings. The first-order valence-corrected chi connectivity index (χ1v) is 3.49. The van der Waals surface area contributed by atoms with Crippen molar-refractivity contribution in [2.24, 2.45) is 0 Å². The van der Waals surface area contributed by atoms with Crippen LogP contribution in [-0.2, 0) is 4.84 Å². The van der Waals surface area contributed by atoms with Crippen LogP contribution in [0.15, 0.2) is 37.3 Å². The lowest BCUT2D eigenvalue weighted by molar-refractivity contribution is -0.117. The topological polar surface area (TPSA) is 24.5 Å². The lowest BCUT2D eigenvalue weighted by Crippen LogP contribution is -2.28. The predicted octanol–water partition coefficient (Wildman–Crippen LogP) is 1.34. The van der Waals surface area contributed by atoms with Gasteiger partial charge in [0.05, 0.1) is 12.7 Å². The molecule has 0 aliphatic carbocycles. The predicted molar refractivity (Wildman–Crippen MR) is 44.0 cm³/mol. The molecule has 0 amide bonds. The van der Waals surface area contributed by atoms with Gasteiger partial charge in [0.25, 0.3) is 0 Å². The van der Waals surface area contributed by atoms with E-state index >= 15 is 0 Å². The van der Waals surface area contributed by atoms with E-state index in [2.05, 4.69) is 18.6 Å². The first-order chi connectivity index (χ1) is 5.36. The van der Waals surface area contributed by atoms with Crippen molar-refractivity contribution in [1.29, 1.82) is 0 Å². The van der Waals surface area contributed by atoms with Crippen molar-refractivity contribution in [3.8, 4) is 0 Å². The van der Waals surface area contributed by atoms with E-state index in [0.717, 1.165) is 12.2 Å². The van der Waals surface area contributed by atoms with Gasteiger partial charge in [-0.05, 0) is 0 Å². The second kappa shape index (κ2) is 3.83. The summed E-state index contributed by atoms with van der Waals surface area (Å²) in [4.78, 5) is 5.28. The molecule has 0 radical (unpaired) electrons. The molecule has 0 aromatic heterocycles. The molecule has 0 saturated carbocycles. The van der Waals surface area contributed by atoms with Crippen molar-refractivity contribution in [2.75, 3.05) is 6.54 Å². The fourth-order valence-electron chi connectivity index (χ4n) is 0.784. The lowest BCUT2D eigenvalue weighted by atomic mass is 10.4. The number of nitrogens with zero attached hydrogens (tertiary/aromatic N) is 1. The van der Waals surface area contributed by atoms with Gasteiger partial charge in [-0.2, -0.15) is 0 Å². The fraction of sp³-hybridized carbons (Fsp3) is 0.250. The third-order valence-electron chi connectivity index (χ3n) is 1.24. The average molecular weight is 152 g/mol. The van der Waals surface area contributed by atoms with E-state index < -0.39 is 0 Å². The first kappa shape index (κ1) is 7.88. The number of rotatable bonds is 4. The van der Waals surface area contributed by atoms with Gasteiger partial charge in [-0.1, -0.05) is 17.3 Å². The van der Waals surface area contributed by atoms with Gasteiger partial charge >= 0.3 is 0 Å². The summed E-state index contributed by atoms with van der Waals surface area (Å²) in [6.45, 7) is 7.86. The van der Waals surface area contributed by atoms with E-state index in [1.54, 1.807) is 17.3 Å². The Bertz CT molecular complexity index is 187. The lowest BCUT2D eigenvalue weighted by Gasteiger charge is -2.12. The Morgan fingerprint density at radius 2 is 2.36 bits per heavy atom. The number of hydroxylamine groups is 1. The van der Waals surface area contributed by atoms with Crippen molar-refractivity contribution in [3.05, 3.63) is 37.3 Å². The van der Waals surface area contributed by atoms with Gasteiger partial charge in [0.1, 0.15) is 5.76 Å². The molecule has 1 heterocycles. The largest absolute Gasteiger partial charge is 0.389 e. The van der Waals surface area contributed by atoms with E-state index in [1.165, 1.54) is 0 Å². The van der Waals surface area contributed by atoms with Gasteiger partial charge in [-0.15, -0.1) is 13.2 Å². The second-order valence-corrected chi connectivity index (χ2v) is 2.17. The summed E-state index contributed by atoms with van der Waals surface area (Å²) in [5.74, 6) is 0.877. The molecule has 0 unspecified atom stereocenters. The van der Waals surface area contributed by atoms with E-state index in [9.17, 15) is 0 Å². The van der Waals surface area contributed by atoms with Crippen LogP contribution in [0.2, 0.25) is 0 Å². The molecule has 0 spiro atoms. The Balaban J connectivity index is 2.30. The van der Waals surface area contributed by atoms with Crippen LogP contribution in [0.25, 0.3) is 0 Å². The minimum absolute atomic E-state index is 0.664. The Kier molecular flexibility index (Phi) is 2.74. The molecular weight excluding hydrogens is 140 g/mol. The standard InChI is InChI=1S/C8H12N2O/c1-3-5-8-7-9-10(11-8)6-4-2/h3-4,7,9H,1-2,5-6H2. The van der Waals surface area contributed by atoms with Crippen molar-refractivity contribution in [2.45, 2.75) is 6.42 Å². The summed E-state index contributed by atoms with van der Waals surface area (Å²) in [5.41, 5.74) is 2.92. The van der Waals surface area contributed by atoms with E-state index in [4.69, 9.17) is 4.84 Å².